The van der Waals surface area contributed by atoms with E-state index >= 15 is 0 Å². The number of aryl methyl sites for hydroxylation is 1. The summed E-state index contributed by atoms with van der Waals surface area (Å²) in [6.45, 7) is 6.68. The minimum atomic E-state index is -0.760. The Hall–Kier alpha value is -1.84. The van der Waals surface area contributed by atoms with Crippen LogP contribution in [0.3, 0.4) is 0 Å². The molecule has 0 saturated heterocycles. The number of amides is 1. The van der Waals surface area contributed by atoms with Gasteiger partial charge >= 0.3 is 5.97 Å². The van der Waals surface area contributed by atoms with E-state index in [2.05, 4.69) is 19.2 Å². The molecule has 1 aromatic carbocycles. The second-order valence-corrected chi connectivity index (χ2v) is 5.80. The Labute approximate surface area is 126 Å². The largest absolute Gasteiger partial charge is 0.481 e. The zero-order valence-corrected chi connectivity index (χ0v) is 13.1. The summed E-state index contributed by atoms with van der Waals surface area (Å²) >= 11 is 0. The standard InChI is InChI=1S/C17H25NO3/c1-12(2)14(8-9-16(19)20)10-11-18-17(21)15-7-5-4-6-13(15)3/h4-7,12,14H,8-11H2,1-3H3,(H,18,21)(H,19,20). The molecule has 0 saturated carbocycles. The molecule has 0 aliphatic carbocycles. The van der Waals surface area contributed by atoms with Gasteiger partial charge in [-0.05, 0) is 43.2 Å². The molecule has 1 aromatic rings. The quantitative estimate of drug-likeness (QED) is 0.772. The van der Waals surface area contributed by atoms with Crippen LogP contribution in [0.5, 0.6) is 0 Å². The van der Waals surface area contributed by atoms with Gasteiger partial charge in [0, 0.05) is 18.5 Å². The minimum Gasteiger partial charge on any atom is -0.481 e. The fourth-order valence-corrected chi connectivity index (χ4v) is 2.41. The number of aliphatic carboxylic acids is 1. The van der Waals surface area contributed by atoms with Gasteiger partial charge in [-0.25, -0.2) is 0 Å². The summed E-state index contributed by atoms with van der Waals surface area (Å²) in [6.07, 6.45) is 1.66. The number of hydrogen-bond donors (Lipinski definition) is 2. The first-order valence-electron chi connectivity index (χ1n) is 7.47. The summed E-state index contributed by atoms with van der Waals surface area (Å²) in [5.41, 5.74) is 1.66. The van der Waals surface area contributed by atoms with E-state index in [0.717, 1.165) is 12.0 Å². The number of carboxylic acid groups (broad SMARTS) is 1. The van der Waals surface area contributed by atoms with Gasteiger partial charge in [-0.1, -0.05) is 32.0 Å². The van der Waals surface area contributed by atoms with Crippen LogP contribution in [0.1, 0.15) is 49.0 Å². The van der Waals surface area contributed by atoms with Gasteiger partial charge in [-0.15, -0.1) is 0 Å². The lowest BCUT2D eigenvalue weighted by molar-refractivity contribution is -0.137. The number of carboxylic acids is 1. The Morgan fingerprint density at radius 1 is 1.19 bits per heavy atom. The molecule has 116 valence electrons. The smallest absolute Gasteiger partial charge is 0.303 e. The average molecular weight is 291 g/mol. The molecule has 4 heteroatoms. The van der Waals surface area contributed by atoms with E-state index in [9.17, 15) is 9.59 Å². The van der Waals surface area contributed by atoms with Gasteiger partial charge in [0.2, 0.25) is 0 Å². The minimum absolute atomic E-state index is 0.0613. The fourth-order valence-electron chi connectivity index (χ4n) is 2.41. The van der Waals surface area contributed by atoms with Crippen molar-refractivity contribution >= 4 is 11.9 Å². The maximum Gasteiger partial charge on any atom is 0.303 e. The first-order valence-corrected chi connectivity index (χ1v) is 7.47. The third-order valence-electron chi connectivity index (χ3n) is 3.86. The van der Waals surface area contributed by atoms with Gasteiger partial charge in [-0.2, -0.15) is 0 Å². The molecule has 0 aliphatic heterocycles. The van der Waals surface area contributed by atoms with Crippen molar-refractivity contribution in [3.63, 3.8) is 0 Å². The van der Waals surface area contributed by atoms with Crippen LogP contribution in [0.15, 0.2) is 24.3 Å². The molecule has 21 heavy (non-hydrogen) atoms. The van der Waals surface area contributed by atoms with Crippen molar-refractivity contribution in [3.8, 4) is 0 Å². The maximum absolute atomic E-state index is 12.1. The molecule has 0 fully saturated rings. The molecule has 0 aliphatic rings. The predicted molar refractivity (Wildman–Crippen MR) is 83.3 cm³/mol. The number of benzene rings is 1. The average Bonchev–Trinajstić information content (AvgIpc) is 2.42. The molecular weight excluding hydrogens is 266 g/mol. The van der Waals surface area contributed by atoms with Crippen molar-refractivity contribution in [2.75, 3.05) is 6.54 Å². The van der Waals surface area contributed by atoms with Crippen molar-refractivity contribution in [2.45, 2.75) is 40.0 Å². The molecule has 1 rings (SSSR count). The van der Waals surface area contributed by atoms with Crippen LogP contribution in [-0.2, 0) is 4.79 Å². The highest BCUT2D eigenvalue weighted by Gasteiger charge is 2.15. The maximum atomic E-state index is 12.1. The van der Waals surface area contributed by atoms with Crippen molar-refractivity contribution in [2.24, 2.45) is 11.8 Å². The molecule has 2 N–H and O–H groups in total. The van der Waals surface area contributed by atoms with Gasteiger partial charge in [-0.3, -0.25) is 9.59 Å². The Morgan fingerprint density at radius 3 is 2.43 bits per heavy atom. The lowest BCUT2D eigenvalue weighted by atomic mass is 9.88. The molecule has 1 atom stereocenters. The monoisotopic (exact) mass is 291 g/mol. The van der Waals surface area contributed by atoms with E-state index in [4.69, 9.17) is 5.11 Å². The molecule has 0 bridgehead atoms. The topological polar surface area (TPSA) is 66.4 Å². The zero-order chi connectivity index (χ0) is 15.8. The van der Waals surface area contributed by atoms with Gasteiger partial charge in [0.15, 0.2) is 0 Å². The van der Waals surface area contributed by atoms with Crippen molar-refractivity contribution < 1.29 is 14.7 Å². The normalized spacial score (nSPS) is 12.2. The third-order valence-corrected chi connectivity index (χ3v) is 3.86. The molecule has 0 radical (unpaired) electrons. The van der Waals surface area contributed by atoms with Crippen molar-refractivity contribution in [1.82, 2.24) is 5.32 Å². The van der Waals surface area contributed by atoms with Crippen LogP contribution in [0.2, 0.25) is 0 Å². The van der Waals surface area contributed by atoms with Crippen molar-refractivity contribution in [3.05, 3.63) is 35.4 Å². The predicted octanol–water partition coefficient (Wildman–Crippen LogP) is 3.25. The highest BCUT2D eigenvalue weighted by Crippen LogP contribution is 2.20. The first-order chi connectivity index (χ1) is 9.91. The Kier molecular flexibility index (Phi) is 6.92. The fraction of sp³-hybridized carbons (Fsp3) is 0.529. The Bertz CT molecular complexity index is 483. The molecule has 4 nitrogen and oxygen atoms in total. The second kappa shape index (κ2) is 8.45. The lowest BCUT2D eigenvalue weighted by Gasteiger charge is -2.20. The van der Waals surface area contributed by atoms with E-state index in [1.807, 2.05) is 31.2 Å². The van der Waals surface area contributed by atoms with Crippen molar-refractivity contribution in [1.29, 1.82) is 0 Å². The van der Waals surface area contributed by atoms with E-state index < -0.39 is 5.97 Å². The van der Waals surface area contributed by atoms with E-state index in [-0.39, 0.29) is 12.3 Å². The second-order valence-electron chi connectivity index (χ2n) is 5.80. The molecule has 1 amide bonds. The molecule has 0 aromatic heterocycles. The zero-order valence-electron chi connectivity index (χ0n) is 13.1. The molecule has 1 unspecified atom stereocenters. The van der Waals surface area contributed by atoms with E-state index in [0.29, 0.717) is 30.4 Å². The number of carbonyl (C=O) groups excluding carboxylic acids is 1. The van der Waals surface area contributed by atoms with Crippen LogP contribution in [0, 0.1) is 18.8 Å². The van der Waals surface area contributed by atoms with Gasteiger partial charge in [0.05, 0.1) is 0 Å². The third kappa shape index (κ3) is 5.98. The van der Waals surface area contributed by atoms with Crippen LogP contribution in [0.25, 0.3) is 0 Å². The summed E-state index contributed by atoms with van der Waals surface area (Å²) in [4.78, 5) is 22.7. The number of carbonyl (C=O) groups is 2. The summed E-state index contributed by atoms with van der Waals surface area (Å²) in [5, 5.41) is 11.7. The summed E-state index contributed by atoms with van der Waals surface area (Å²) in [7, 11) is 0. The van der Waals surface area contributed by atoms with Crippen LogP contribution < -0.4 is 5.32 Å². The number of hydrogen-bond acceptors (Lipinski definition) is 2. The number of nitrogens with one attached hydrogen (secondary N) is 1. The SMILES string of the molecule is Cc1ccccc1C(=O)NCCC(CCC(=O)O)C(C)C. The van der Waals surface area contributed by atoms with E-state index in [1.165, 1.54) is 0 Å². The molecule has 0 heterocycles. The van der Waals surface area contributed by atoms with Crippen LogP contribution in [0.4, 0.5) is 0 Å². The number of rotatable bonds is 8. The molecule has 0 spiro atoms. The summed E-state index contributed by atoms with van der Waals surface area (Å²) < 4.78 is 0. The Morgan fingerprint density at radius 2 is 1.86 bits per heavy atom. The summed E-state index contributed by atoms with van der Waals surface area (Å²) in [5.74, 6) is -0.0866. The van der Waals surface area contributed by atoms with Crippen LogP contribution in [-0.4, -0.2) is 23.5 Å². The van der Waals surface area contributed by atoms with Gasteiger partial charge in [0.1, 0.15) is 0 Å². The highest BCUT2D eigenvalue weighted by molar-refractivity contribution is 5.95. The lowest BCUT2D eigenvalue weighted by Crippen LogP contribution is -2.27. The van der Waals surface area contributed by atoms with Crippen LogP contribution >= 0.6 is 0 Å². The summed E-state index contributed by atoms with van der Waals surface area (Å²) in [6, 6.07) is 7.49. The first kappa shape index (κ1) is 17.2. The van der Waals surface area contributed by atoms with Gasteiger partial charge in [0.25, 0.3) is 5.91 Å². The molecular formula is C17H25NO3. The highest BCUT2D eigenvalue weighted by atomic mass is 16.4. The van der Waals surface area contributed by atoms with E-state index in [1.54, 1.807) is 0 Å². The van der Waals surface area contributed by atoms with Gasteiger partial charge < -0.3 is 10.4 Å². The Balaban J connectivity index is 2.45.